The molecule has 1 aliphatic rings. The van der Waals surface area contributed by atoms with Crippen molar-refractivity contribution in [1.29, 1.82) is 0 Å². The van der Waals surface area contributed by atoms with Gasteiger partial charge in [-0.1, -0.05) is 11.6 Å². The van der Waals surface area contributed by atoms with Crippen LogP contribution in [0.25, 0.3) is 16.9 Å². The highest BCUT2D eigenvalue weighted by Gasteiger charge is 2.22. The Morgan fingerprint density at radius 3 is 2.59 bits per heavy atom. The van der Waals surface area contributed by atoms with E-state index in [2.05, 4.69) is 36.0 Å². The first-order valence-electron chi connectivity index (χ1n) is 13.8. The third-order valence-corrected chi connectivity index (χ3v) is 7.40. The molecule has 1 saturated heterocycles. The van der Waals surface area contributed by atoms with E-state index in [1.165, 1.54) is 35.1 Å². The molecule has 0 aliphatic carbocycles. The lowest BCUT2D eigenvalue weighted by atomic mass is 9.97. The molecular weight excluding hydrogens is 606 g/mol. The summed E-state index contributed by atoms with van der Waals surface area (Å²) in [6.07, 6.45) is 6.36. The Morgan fingerprint density at radius 2 is 1.84 bits per heavy atom. The molecule has 0 saturated carbocycles. The van der Waals surface area contributed by atoms with Crippen molar-refractivity contribution in [2.75, 3.05) is 31.5 Å². The summed E-state index contributed by atoms with van der Waals surface area (Å²) >= 11 is 6.40. The number of hydrogen-bond donors (Lipinski definition) is 4. The molecule has 1 fully saturated rings. The van der Waals surface area contributed by atoms with Crippen LogP contribution in [0.4, 0.5) is 29.1 Å². The predicted octanol–water partition coefficient (Wildman–Crippen LogP) is 4.91. The van der Waals surface area contributed by atoms with Gasteiger partial charge < -0.3 is 26.0 Å². The number of ether oxygens (including phenoxy) is 1. The molecular formula is C29H28ClF4N7O3. The lowest BCUT2D eigenvalue weighted by molar-refractivity contribution is -0.125. The van der Waals surface area contributed by atoms with Crippen LogP contribution in [0.2, 0.25) is 5.02 Å². The molecule has 4 N–H and O–H groups in total. The van der Waals surface area contributed by atoms with E-state index in [9.17, 15) is 27.2 Å². The minimum absolute atomic E-state index is 0.0249. The summed E-state index contributed by atoms with van der Waals surface area (Å²) in [5.74, 6) is -3.90. The van der Waals surface area contributed by atoms with E-state index < -0.39 is 24.0 Å². The number of piperidine rings is 1. The van der Waals surface area contributed by atoms with Crippen LogP contribution in [0, 0.1) is 17.6 Å². The van der Waals surface area contributed by atoms with Gasteiger partial charge in [-0.25, -0.2) is 14.4 Å². The molecule has 10 nitrogen and oxygen atoms in total. The van der Waals surface area contributed by atoms with E-state index in [1.54, 1.807) is 6.07 Å². The van der Waals surface area contributed by atoms with E-state index >= 15 is 0 Å². The van der Waals surface area contributed by atoms with Crippen LogP contribution in [0.15, 0.2) is 48.9 Å². The Hall–Kier alpha value is -4.43. The largest absolute Gasteiger partial charge is 0.432 e. The Morgan fingerprint density at radius 1 is 1.07 bits per heavy atom. The molecule has 4 aromatic rings. The number of amides is 2. The molecule has 0 atom stereocenters. The summed E-state index contributed by atoms with van der Waals surface area (Å²) in [5.41, 5.74) is 0.892. The maximum absolute atomic E-state index is 14.8. The van der Waals surface area contributed by atoms with E-state index in [0.29, 0.717) is 25.2 Å². The standard InChI is InChI=1S/C29H28ClF4N7O3/c30-20-14-17(2-3-18(20)28(43)38-9-1-8-37-27(42)16-6-10-35-11-7-16)40-25-26-39-15-21(41(26)13-12-36-25)19-4-5-22(44-29(33)34)24(32)23(19)31/h2-5,12-16,29,35H,1,6-11H2,(H,36,40)(H,37,42)(H,38,43). The molecule has 1 aliphatic heterocycles. The second-order valence-corrected chi connectivity index (χ2v) is 10.4. The van der Waals surface area contributed by atoms with Crippen LogP contribution in [0.3, 0.4) is 0 Å². The zero-order valence-corrected chi connectivity index (χ0v) is 23.9. The van der Waals surface area contributed by atoms with E-state index in [4.69, 9.17) is 11.6 Å². The van der Waals surface area contributed by atoms with E-state index in [-0.39, 0.29) is 51.0 Å². The number of carbonyl (C=O) groups is 2. The summed E-state index contributed by atoms with van der Waals surface area (Å²) in [4.78, 5) is 33.4. The highest BCUT2D eigenvalue weighted by Crippen LogP contribution is 2.32. The first-order chi connectivity index (χ1) is 21.2. The van der Waals surface area contributed by atoms with Gasteiger partial charge in [0, 0.05) is 42.7 Å². The van der Waals surface area contributed by atoms with Gasteiger partial charge in [0.05, 0.1) is 22.5 Å². The van der Waals surface area contributed by atoms with Crippen molar-refractivity contribution in [3.8, 4) is 17.0 Å². The fourth-order valence-electron chi connectivity index (χ4n) is 4.86. The number of hydrogen-bond acceptors (Lipinski definition) is 7. The molecule has 0 radical (unpaired) electrons. The number of nitrogens with one attached hydrogen (secondary N) is 4. The molecule has 2 aromatic heterocycles. The number of aromatic nitrogens is 3. The third kappa shape index (κ3) is 7.03. The number of anilines is 2. The van der Waals surface area contributed by atoms with Gasteiger partial charge in [0.15, 0.2) is 23.0 Å². The van der Waals surface area contributed by atoms with Crippen LogP contribution >= 0.6 is 11.6 Å². The Labute approximate surface area is 254 Å². The van der Waals surface area contributed by atoms with Crippen molar-refractivity contribution in [3.05, 3.63) is 71.1 Å². The van der Waals surface area contributed by atoms with Gasteiger partial charge in [-0.3, -0.25) is 14.0 Å². The molecule has 0 bridgehead atoms. The topological polar surface area (TPSA) is 122 Å². The maximum Gasteiger partial charge on any atom is 0.387 e. The number of rotatable bonds is 11. The smallest absolute Gasteiger partial charge is 0.387 e. The minimum atomic E-state index is -3.31. The molecule has 5 rings (SSSR count). The average Bonchev–Trinajstić information content (AvgIpc) is 3.44. The molecule has 3 heterocycles. The maximum atomic E-state index is 14.8. The molecule has 0 spiro atoms. The number of nitrogens with zero attached hydrogens (tertiary/aromatic N) is 3. The highest BCUT2D eigenvalue weighted by molar-refractivity contribution is 6.34. The Balaban J connectivity index is 1.21. The lowest BCUT2D eigenvalue weighted by Gasteiger charge is -2.21. The van der Waals surface area contributed by atoms with Crippen molar-refractivity contribution in [3.63, 3.8) is 0 Å². The molecule has 232 valence electrons. The van der Waals surface area contributed by atoms with Gasteiger partial charge >= 0.3 is 6.61 Å². The normalized spacial score (nSPS) is 13.7. The third-order valence-electron chi connectivity index (χ3n) is 7.09. The van der Waals surface area contributed by atoms with Gasteiger partial charge in [-0.2, -0.15) is 13.2 Å². The van der Waals surface area contributed by atoms with Crippen LogP contribution in [0.1, 0.15) is 29.6 Å². The Kier molecular flexibility index (Phi) is 9.80. The molecule has 15 heteroatoms. The predicted molar refractivity (Wildman–Crippen MR) is 155 cm³/mol. The summed E-state index contributed by atoms with van der Waals surface area (Å²) in [5, 5.41) is 12.2. The van der Waals surface area contributed by atoms with Crippen LogP contribution in [-0.4, -0.2) is 59.0 Å². The van der Waals surface area contributed by atoms with Gasteiger partial charge in [-0.15, -0.1) is 0 Å². The van der Waals surface area contributed by atoms with Gasteiger partial charge in [0.1, 0.15) is 0 Å². The quantitative estimate of drug-likeness (QED) is 0.137. The van der Waals surface area contributed by atoms with E-state index in [0.717, 1.165) is 38.1 Å². The van der Waals surface area contributed by atoms with Crippen LogP contribution in [0.5, 0.6) is 5.75 Å². The lowest BCUT2D eigenvalue weighted by Crippen LogP contribution is -2.39. The summed E-state index contributed by atoms with van der Waals surface area (Å²) < 4.78 is 59.6. The van der Waals surface area contributed by atoms with Crippen molar-refractivity contribution in [2.45, 2.75) is 25.9 Å². The monoisotopic (exact) mass is 633 g/mol. The molecule has 0 unspecified atom stereocenters. The number of benzene rings is 2. The second kappa shape index (κ2) is 13.9. The van der Waals surface area contributed by atoms with Gasteiger partial charge in [0.2, 0.25) is 11.7 Å². The number of halogens is 5. The number of alkyl halides is 2. The average molecular weight is 634 g/mol. The van der Waals surface area contributed by atoms with Crippen LogP contribution < -0.4 is 26.0 Å². The van der Waals surface area contributed by atoms with Crippen molar-refractivity contribution >= 4 is 40.6 Å². The fraction of sp³-hybridized carbons (Fsp3) is 0.310. The molecule has 2 amide bonds. The number of fused-ring (bicyclic) bond motifs is 1. The SMILES string of the molecule is O=C(NCCCNC(=O)C1CCNCC1)c1ccc(Nc2nccn3c(-c4ccc(OC(F)F)c(F)c4F)cnc23)cc1Cl. The Bertz CT molecular complexity index is 1660. The van der Waals surface area contributed by atoms with Gasteiger partial charge in [0.25, 0.3) is 5.91 Å². The number of imidazole rings is 1. The summed E-state index contributed by atoms with van der Waals surface area (Å²) in [7, 11) is 0. The zero-order chi connectivity index (χ0) is 31.2. The van der Waals surface area contributed by atoms with Crippen molar-refractivity contribution in [2.24, 2.45) is 5.92 Å². The summed E-state index contributed by atoms with van der Waals surface area (Å²) in [6, 6.07) is 6.71. The molecule has 44 heavy (non-hydrogen) atoms. The second-order valence-electron chi connectivity index (χ2n) is 9.98. The molecule has 2 aromatic carbocycles. The summed E-state index contributed by atoms with van der Waals surface area (Å²) in [6.45, 7) is -0.833. The zero-order valence-electron chi connectivity index (χ0n) is 23.2. The van der Waals surface area contributed by atoms with Crippen molar-refractivity contribution < 1.29 is 31.9 Å². The number of carbonyl (C=O) groups excluding carboxylic acids is 2. The fourth-order valence-corrected chi connectivity index (χ4v) is 5.13. The van der Waals surface area contributed by atoms with Crippen LogP contribution in [-0.2, 0) is 4.79 Å². The van der Waals surface area contributed by atoms with E-state index in [1.807, 2.05) is 0 Å². The minimum Gasteiger partial charge on any atom is -0.432 e. The first kappa shape index (κ1) is 31.0. The van der Waals surface area contributed by atoms with Crippen molar-refractivity contribution in [1.82, 2.24) is 30.3 Å². The first-order valence-corrected chi connectivity index (χ1v) is 14.2. The van der Waals surface area contributed by atoms with Gasteiger partial charge in [-0.05, 0) is 62.7 Å². The highest BCUT2D eigenvalue weighted by atomic mass is 35.5.